The van der Waals surface area contributed by atoms with Crippen molar-refractivity contribution in [3.63, 3.8) is 0 Å². The zero-order chi connectivity index (χ0) is 39.8. The summed E-state index contributed by atoms with van der Waals surface area (Å²) in [6.07, 6.45) is 2.90. The zero-order valence-electron chi connectivity index (χ0n) is 32.4. The minimum Gasteiger partial charge on any atom is -0.469 e. The molecule has 9 rings (SSSR count). The largest absolute Gasteiger partial charge is 0.469 e. The van der Waals surface area contributed by atoms with Crippen molar-refractivity contribution in [1.82, 2.24) is 0 Å². The van der Waals surface area contributed by atoms with Crippen molar-refractivity contribution in [2.75, 3.05) is 16.9 Å². The van der Waals surface area contributed by atoms with E-state index in [1.54, 1.807) is 0 Å². The van der Waals surface area contributed by atoms with Crippen molar-refractivity contribution in [2.45, 2.75) is 42.4 Å². The molecule has 286 valence electrons. The van der Waals surface area contributed by atoms with Gasteiger partial charge in [-0.1, -0.05) is 123 Å². The maximum atomic E-state index is 14.8. The van der Waals surface area contributed by atoms with Crippen molar-refractivity contribution < 1.29 is 17.9 Å². The molecule has 0 saturated heterocycles. The normalized spacial score (nSPS) is 12.6. The van der Waals surface area contributed by atoms with Crippen LogP contribution in [0.4, 0.5) is 34.1 Å². The fourth-order valence-corrected chi connectivity index (χ4v) is 9.95. The first kappa shape index (κ1) is 36.9. The Labute approximate surface area is 339 Å². The van der Waals surface area contributed by atoms with Crippen LogP contribution >= 0.6 is 0 Å². The summed E-state index contributed by atoms with van der Waals surface area (Å²) in [5.41, 5.74) is 8.83. The Morgan fingerprint density at radius 3 is 1.41 bits per heavy atom. The molecular weight excluding hydrogens is 737 g/mol. The summed E-state index contributed by atoms with van der Waals surface area (Å²) in [7, 11) is -2.53. The number of hydrogen-bond acceptors (Lipinski definition) is 6. The zero-order valence-corrected chi connectivity index (χ0v) is 33.2. The van der Waals surface area contributed by atoms with Crippen LogP contribution in [0.5, 0.6) is 0 Å². The van der Waals surface area contributed by atoms with Gasteiger partial charge in [-0.05, 0) is 95.4 Å². The molecule has 1 heterocycles. The van der Waals surface area contributed by atoms with Gasteiger partial charge in [-0.25, -0.2) is 8.42 Å². The van der Waals surface area contributed by atoms with Gasteiger partial charge in [0.25, 0.3) is 0 Å². The number of anilines is 6. The standard InChI is InChI=1S/C51H42N2O4S/c1-3-10-35-19-24-39(25-20-35)52(47-17-8-13-37-11-4-6-15-43(37)47)41-28-30-45-46-31-29-42(34-50(46)58(55,56)49(45)33-41)53(48-18-9-14-38-12-5-7-16-44(38)48)40-26-21-36(22-27-40)23-32-51(54)57-2/h4-9,11-22,24-31,33-34H,3,10,23,32H2,1-2H3. The molecule has 0 bridgehead atoms. The number of fused-ring (bicyclic) bond motifs is 5. The van der Waals surface area contributed by atoms with Gasteiger partial charge in [0.05, 0.1) is 28.3 Å². The Kier molecular flexibility index (Phi) is 9.76. The molecule has 0 amide bonds. The molecule has 6 nitrogen and oxygen atoms in total. The average Bonchev–Trinajstić information content (AvgIpc) is 3.49. The van der Waals surface area contributed by atoms with Gasteiger partial charge in [0.1, 0.15) is 0 Å². The quantitative estimate of drug-likeness (QED) is 0.122. The van der Waals surface area contributed by atoms with E-state index in [1.165, 1.54) is 12.7 Å². The van der Waals surface area contributed by atoms with Gasteiger partial charge in [0.15, 0.2) is 0 Å². The number of carbonyl (C=O) groups is 1. The van der Waals surface area contributed by atoms with Crippen molar-refractivity contribution in [1.29, 1.82) is 0 Å². The van der Waals surface area contributed by atoms with E-state index in [0.717, 1.165) is 74.1 Å². The van der Waals surface area contributed by atoms with Crippen LogP contribution in [0.2, 0.25) is 0 Å². The summed E-state index contributed by atoms with van der Waals surface area (Å²) in [6, 6.07) is 57.1. The average molecular weight is 779 g/mol. The van der Waals surface area contributed by atoms with E-state index in [9.17, 15) is 13.2 Å². The van der Waals surface area contributed by atoms with Crippen molar-refractivity contribution in [3.05, 3.63) is 181 Å². The Hall–Kier alpha value is -6.70. The van der Waals surface area contributed by atoms with Crippen LogP contribution in [0, 0.1) is 0 Å². The van der Waals surface area contributed by atoms with Crippen molar-refractivity contribution >= 4 is 71.5 Å². The smallest absolute Gasteiger partial charge is 0.305 e. The van der Waals surface area contributed by atoms with Gasteiger partial charge in [-0.15, -0.1) is 0 Å². The third kappa shape index (κ3) is 6.67. The maximum Gasteiger partial charge on any atom is 0.305 e. The number of methoxy groups -OCH3 is 1. The topological polar surface area (TPSA) is 66.9 Å². The minimum absolute atomic E-state index is 0.253. The molecule has 0 saturated carbocycles. The van der Waals surface area contributed by atoms with Crippen LogP contribution in [-0.2, 0) is 32.2 Å². The molecular formula is C51H42N2O4S. The predicted molar refractivity (Wildman–Crippen MR) is 236 cm³/mol. The highest BCUT2D eigenvalue weighted by Crippen LogP contribution is 2.49. The summed E-state index contributed by atoms with van der Waals surface area (Å²) in [4.78, 5) is 16.7. The number of esters is 1. The number of ether oxygens (including phenoxy) is 1. The molecule has 1 aliphatic heterocycles. The monoisotopic (exact) mass is 778 g/mol. The molecule has 58 heavy (non-hydrogen) atoms. The summed E-state index contributed by atoms with van der Waals surface area (Å²) in [5.74, 6) is -0.253. The van der Waals surface area contributed by atoms with E-state index in [4.69, 9.17) is 4.74 Å². The Bertz CT molecular complexity index is 2930. The molecule has 0 atom stereocenters. The Morgan fingerprint density at radius 1 is 0.517 bits per heavy atom. The molecule has 0 N–H and O–H groups in total. The van der Waals surface area contributed by atoms with Gasteiger partial charge in [-0.2, -0.15) is 0 Å². The minimum atomic E-state index is -3.93. The molecule has 0 radical (unpaired) electrons. The SMILES string of the molecule is CCCc1ccc(N(c2ccc3c(c2)S(=O)(=O)c2cc(N(c4ccc(CCC(=O)OC)cc4)c4cccc5ccccc45)ccc2-3)c2cccc3ccccc23)cc1. The molecule has 1 aliphatic rings. The number of carbonyl (C=O) groups excluding carboxylic acids is 1. The van der Waals surface area contributed by atoms with Gasteiger partial charge < -0.3 is 14.5 Å². The molecule has 0 unspecified atom stereocenters. The molecule has 7 heteroatoms. The second kappa shape index (κ2) is 15.3. The lowest BCUT2D eigenvalue weighted by molar-refractivity contribution is -0.140. The molecule has 0 aromatic heterocycles. The first-order valence-electron chi connectivity index (χ1n) is 19.7. The number of rotatable bonds is 11. The summed E-state index contributed by atoms with van der Waals surface area (Å²) < 4.78 is 34.5. The first-order chi connectivity index (χ1) is 28.3. The fraction of sp³-hybridized carbons (Fsp3) is 0.118. The second-order valence-corrected chi connectivity index (χ2v) is 16.6. The van der Waals surface area contributed by atoms with Gasteiger partial charge >= 0.3 is 5.97 Å². The van der Waals surface area contributed by atoms with E-state index in [-0.39, 0.29) is 15.8 Å². The van der Waals surface area contributed by atoms with Crippen LogP contribution in [0.25, 0.3) is 32.7 Å². The van der Waals surface area contributed by atoms with E-state index in [0.29, 0.717) is 24.0 Å². The lowest BCUT2D eigenvalue weighted by Crippen LogP contribution is -2.12. The number of nitrogens with zero attached hydrogens (tertiary/aromatic N) is 2. The van der Waals surface area contributed by atoms with Crippen molar-refractivity contribution in [2.24, 2.45) is 0 Å². The van der Waals surface area contributed by atoms with Crippen LogP contribution < -0.4 is 9.80 Å². The molecule has 0 aliphatic carbocycles. The first-order valence-corrected chi connectivity index (χ1v) is 21.2. The highest BCUT2D eigenvalue weighted by molar-refractivity contribution is 7.92. The van der Waals surface area contributed by atoms with Gasteiger partial charge in [0.2, 0.25) is 9.84 Å². The maximum absolute atomic E-state index is 14.8. The fourth-order valence-electron chi connectivity index (χ4n) is 8.23. The van der Waals surface area contributed by atoms with Crippen LogP contribution in [0.15, 0.2) is 180 Å². The van der Waals surface area contributed by atoms with Crippen LogP contribution in [0.1, 0.15) is 30.9 Å². The third-order valence-electron chi connectivity index (χ3n) is 11.1. The van der Waals surface area contributed by atoms with E-state index < -0.39 is 9.84 Å². The van der Waals surface area contributed by atoms with Gasteiger partial charge in [0, 0.05) is 51.1 Å². The number of benzene rings is 8. The summed E-state index contributed by atoms with van der Waals surface area (Å²) >= 11 is 0. The summed E-state index contributed by atoms with van der Waals surface area (Å²) in [6.45, 7) is 2.18. The summed E-state index contributed by atoms with van der Waals surface area (Å²) in [5, 5.41) is 4.29. The second-order valence-electron chi connectivity index (χ2n) is 14.7. The van der Waals surface area contributed by atoms with Crippen LogP contribution in [0.3, 0.4) is 0 Å². The highest BCUT2D eigenvalue weighted by Gasteiger charge is 2.35. The van der Waals surface area contributed by atoms with Crippen molar-refractivity contribution in [3.8, 4) is 11.1 Å². The number of sulfone groups is 1. The molecule has 0 fully saturated rings. The Morgan fingerprint density at radius 2 is 0.948 bits per heavy atom. The van der Waals surface area contributed by atoms with Crippen LogP contribution in [-0.4, -0.2) is 21.5 Å². The highest BCUT2D eigenvalue weighted by atomic mass is 32.2. The van der Waals surface area contributed by atoms with E-state index >= 15 is 0 Å². The number of hydrogen-bond donors (Lipinski definition) is 0. The molecule has 8 aromatic rings. The van der Waals surface area contributed by atoms with E-state index in [2.05, 4.69) is 95.6 Å². The third-order valence-corrected chi connectivity index (χ3v) is 12.9. The number of aryl methyl sites for hydroxylation is 2. The predicted octanol–water partition coefficient (Wildman–Crippen LogP) is 12.8. The van der Waals surface area contributed by atoms with Gasteiger partial charge in [-0.3, -0.25) is 4.79 Å². The molecule has 0 spiro atoms. The lowest BCUT2D eigenvalue weighted by Gasteiger charge is -2.27. The lowest BCUT2D eigenvalue weighted by atomic mass is 10.0. The van der Waals surface area contributed by atoms with E-state index in [1.807, 2.05) is 91.0 Å². The Balaban J connectivity index is 1.15. The molecule has 8 aromatic carbocycles.